The Balaban J connectivity index is 1.73. The molecule has 2 aliphatic heterocycles. The molecule has 0 fully saturated rings. The molecular weight excluding hydrogens is 288 g/mol. The van der Waals surface area contributed by atoms with Gasteiger partial charge in [0.2, 0.25) is 6.79 Å². The van der Waals surface area contributed by atoms with E-state index in [1.165, 1.54) is 16.5 Å². The minimum atomic E-state index is 0.281. The van der Waals surface area contributed by atoms with Crippen molar-refractivity contribution < 1.29 is 9.47 Å². The maximum Gasteiger partial charge on any atom is 0.231 e. The second kappa shape index (κ2) is 4.49. The average Bonchev–Trinajstić information content (AvgIpc) is 3.05. The first-order valence-corrected chi connectivity index (χ1v) is 7.55. The van der Waals surface area contributed by atoms with E-state index in [1.807, 2.05) is 31.3 Å². The second-order valence-electron chi connectivity index (χ2n) is 5.71. The largest absolute Gasteiger partial charge is 0.454 e. The Morgan fingerprint density at radius 2 is 1.78 bits per heavy atom. The van der Waals surface area contributed by atoms with Crippen molar-refractivity contribution in [3.05, 3.63) is 60.2 Å². The molecule has 2 aliphatic rings. The third-order valence-corrected chi connectivity index (χ3v) is 4.40. The first kappa shape index (κ1) is 12.5. The molecule has 4 nitrogen and oxygen atoms in total. The monoisotopic (exact) mass is 302 g/mol. The van der Waals surface area contributed by atoms with E-state index in [2.05, 4.69) is 35.2 Å². The lowest BCUT2D eigenvalue weighted by atomic mass is 10.0. The van der Waals surface area contributed by atoms with Crippen LogP contribution >= 0.6 is 0 Å². The average molecular weight is 302 g/mol. The van der Waals surface area contributed by atoms with Crippen molar-refractivity contribution >= 4 is 28.0 Å². The molecule has 0 radical (unpaired) electrons. The normalized spacial score (nSPS) is 15.0. The predicted octanol–water partition coefficient (Wildman–Crippen LogP) is 4.10. The topological polar surface area (TPSA) is 34.1 Å². The Labute approximate surface area is 133 Å². The minimum absolute atomic E-state index is 0.281. The van der Waals surface area contributed by atoms with Crippen molar-refractivity contribution in [2.45, 2.75) is 0 Å². The van der Waals surface area contributed by atoms with Crippen LogP contribution in [0.2, 0.25) is 0 Å². The van der Waals surface area contributed by atoms with Gasteiger partial charge in [-0.05, 0) is 35.7 Å². The van der Waals surface area contributed by atoms with Crippen molar-refractivity contribution in [1.82, 2.24) is 0 Å². The van der Waals surface area contributed by atoms with Crippen LogP contribution in [0.15, 0.2) is 59.6 Å². The van der Waals surface area contributed by atoms with Gasteiger partial charge in [0.15, 0.2) is 11.5 Å². The number of ether oxygens (including phenoxy) is 2. The van der Waals surface area contributed by atoms with Crippen LogP contribution in [0.5, 0.6) is 11.5 Å². The van der Waals surface area contributed by atoms with Crippen LogP contribution in [-0.4, -0.2) is 19.7 Å². The molecule has 112 valence electrons. The summed E-state index contributed by atoms with van der Waals surface area (Å²) in [5, 5.41) is 2.40. The van der Waals surface area contributed by atoms with Crippen molar-refractivity contribution in [3.63, 3.8) is 0 Å². The molecule has 5 rings (SSSR count). The van der Waals surface area contributed by atoms with Gasteiger partial charge in [0.1, 0.15) is 5.84 Å². The Kier molecular flexibility index (Phi) is 2.45. The van der Waals surface area contributed by atoms with E-state index in [-0.39, 0.29) is 6.79 Å². The number of anilines is 1. The number of fused-ring (bicyclic) bond motifs is 1. The first-order valence-electron chi connectivity index (χ1n) is 7.55. The molecule has 0 spiro atoms. The second-order valence-corrected chi connectivity index (χ2v) is 5.71. The molecule has 0 saturated carbocycles. The molecule has 4 heteroatoms. The van der Waals surface area contributed by atoms with Gasteiger partial charge in [-0.25, -0.2) is 4.99 Å². The fourth-order valence-electron chi connectivity index (χ4n) is 3.27. The number of benzene rings is 3. The molecule has 23 heavy (non-hydrogen) atoms. The quantitative estimate of drug-likeness (QED) is 0.679. The molecule has 0 unspecified atom stereocenters. The Morgan fingerprint density at radius 3 is 2.70 bits per heavy atom. The fraction of sp³-hybridized carbons (Fsp3) is 0.105. The van der Waals surface area contributed by atoms with Gasteiger partial charge in [-0.15, -0.1) is 0 Å². The lowest BCUT2D eigenvalue weighted by Gasteiger charge is -2.28. The summed E-state index contributed by atoms with van der Waals surface area (Å²) in [6.07, 6.45) is 0. The highest BCUT2D eigenvalue weighted by Gasteiger charge is 2.23. The maximum absolute atomic E-state index is 5.50. The number of rotatable bonds is 1. The van der Waals surface area contributed by atoms with Gasteiger partial charge in [-0.3, -0.25) is 0 Å². The summed E-state index contributed by atoms with van der Waals surface area (Å²) in [7, 11) is 2.05. The number of amidine groups is 1. The minimum Gasteiger partial charge on any atom is -0.454 e. The molecule has 3 aromatic rings. The maximum atomic E-state index is 5.50. The standard InChI is InChI=1S/C19H14N2O2/c1-21-15-7-3-5-12-4-2-6-14(18(12)15)20-19(21)13-8-9-16-17(10-13)23-11-22-16/h2-10H,11H2,1H3. The van der Waals surface area contributed by atoms with E-state index in [0.717, 1.165) is 28.6 Å². The van der Waals surface area contributed by atoms with E-state index < -0.39 is 0 Å². The van der Waals surface area contributed by atoms with Gasteiger partial charge in [0.05, 0.1) is 11.4 Å². The molecule has 0 aliphatic carbocycles. The summed E-state index contributed by atoms with van der Waals surface area (Å²) in [5.74, 6) is 2.47. The Morgan fingerprint density at radius 1 is 0.957 bits per heavy atom. The van der Waals surface area contributed by atoms with E-state index in [1.54, 1.807) is 0 Å². The first-order chi connectivity index (χ1) is 11.3. The van der Waals surface area contributed by atoms with Gasteiger partial charge < -0.3 is 14.4 Å². The molecular formula is C19H14N2O2. The van der Waals surface area contributed by atoms with Gasteiger partial charge in [-0.2, -0.15) is 0 Å². The lowest BCUT2D eigenvalue weighted by Crippen LogP contribution is -2.29. The van der Waals surface area contributed by atoms with E-state index in [4.69, 9.17) is 14.5 Å². The van der Waals surface area contributed by atoms with Crippen LogP contribution in [-0.2, 0) is 0 Å². The third-order valence-electron chi connectivity index (χ3n) is 4.40. The molecule has 0 bridgehead atoms. The number of aliphatic imine (C=N–C) groups is 1. The van der Waals surface area contributed by atoms with Crippen LogP contribution in [0.25, 0.3) is 10.8 Å². The SMILES string of the molecule is CN1C(c2ccc3c(c2)OCO3)=Nc2cccc3cccc1c23. The van der Waals surface area contributed by atoms with Gasteiger partial charge >= 0.3 is 0 Å². The zero-order valence-corrected chi connectivity index (χ0v) is 12.6. The van der Waals surface area contributed by atoms with Crippen molar-refractivity contribution in [2.24, 2.45) is 4.99 Å². The number of hydrogen-bond acceptors (Lipinski definition) is 4. The Hall–Kier alpha value is -3.01. The van der Waals surface area contributed by atoms with Gasteiger partial charge in [0, 0.05) is 18.0 Å². The number of hydrogen-bond donors (Lipinski definition) is 0. The highest BCUT2D eigenvalue weighted by atomic mass is 16.7. The smallest absolute Gasteiger partial charge is 0.231 e. The summed E-state index contributed by atoms with van der Waals surface area (Å²) in [6, 6.07) is 18.5. The van der Waals surface area contributed by atoms with Crippen molar-refractivity contribution in [1.29, 1.82) is 0 Å². The molecule has 0 aromatic heterocycles. The predicted molar refractivity (Wildman–Crippen MR) is 91.1 cm³/mol. The van der Waals surface area contributed by atoms with Gasteiger partial charge in [-0.1, -0.05) is 24.3 Å². The van der Waals surface area contributed by atoms with Crippen LogP contribution in [0.3, 0.4) is 0 Å². The van der Waals surface area contributed by atoms with Crippen LogP contribution in [0.1, 0.15) is 5.56 Å². The van der Waals surface area contributed by atoms with Gasteiger partial charge in [0.25, 0.3) is 0 Å². The molecule has 3 aromatic carbocycles. The van der Waals surface area contributed by atoms with Crippen LogP contribution in [0.4, 0.5) is 11.4 Å². The molecule has 0 N–H and O–H groups in total. The summed E-state index contributed by atoms with van der Waals surface area (Å²) in [4.78, 5) is 7.02. The molecule has 0 amide bonds. The van der Waals surface area contributed by atoms with Crippen molar-refractivity contribution in [3.8, 4) is 11.5 Å². The highest BCUT2D eigenvalue weighted by molar-refractivity contribution is 6.20. The van der Waals surface area contributed by atoms with E-state index in [0.29, 0.717) is 0 Å². The highest BCUT2D eigenvalue weighted by Crippen LogP contribution is 2.40. The molecule has 2 heterocycles. The lowest BCUT2D eigenvalue weighted by molar-refractivity contribution is 0.174. The Bertz CT molecular complexity index is 973. The fourth-order valence-corrected chi connectivity index (χ4v) is 3.27. The van der Waals surface area contributed by atoms with Crippen molar-refractivity contribution in [2.75, 3.05) is 18.7 Å². The molecule has 0 atom stereocenters. The number of nitrogens with zero attached hydrogens (tertiary/aromatic N) is 2. The van der Waals surface area contributed by atoms with E-state index in [9.17, 15) is 0 Å². The molecule has 0 saturated heterocycles. The third kappa shape index (κ3) is 1.75. The summed E-state index contributed by atoms with van der Waals surface area (Å²) >= 11 is 0. The summed E-state index contributed by atoms with van der Waals surface area (Å²) < 4.78 is 10.9. The summed E-state index contributed by atoms with van der Waals surface area (Å²) in [5.41, 5.74) is 3.19. The van der Waals surface area contributed by atoms with Crippen LogP contribution < -0.4 is 14.4 Å². The van der Waals surface area contributed by atoms with E-state index >= 15 is 0 Å². The summed E-state index contributed by atoms with van der Waals surface area (Å²) in [6.45, 7) is 0.281. The van der Waals surface area contributed by atoms with Crippen LogP contribution in [0, 0.1) is 0 Å². The zero-order chi connectivity index (χ0) is 15.4. The zero-order valence-electron chi connectivity index (χ0n) is 12.6.